The summed E-state index contributed by atoms with van der Waals surface area (Å²) < 4.78 is 2.32. The van der Waals surface area contributed by atoms with Gasteiger partial charge < -0.3 is 9.67 Å². The van der Waals surface area contributed by atoms with Crippen molar-refractivity contribution in [3.05, 3.63) is 78.0 Å². The molecule has 0 saturated heterocycles. The molecule has 0 amide bonds. The minimum atomic E-state index is 0.389. The topological polar surface area (TPSA) is 25.2 Å². The minimum Gasteiger partial charge on any atom is -0.507 e. The SMILES string of the molecule is CCc1cc2c(O)c3ccccc3cc2n1Cc1ccccc1. The molecule has 4 aromatic rings. The van der Waals surface area contributed by atoms with Gasteiger partial charge in [0, 0.05) is 23.0 Å². The van der Waals surface area contributed by atoms with E-state index in [4.69, 9.17) is 0 Å². The summed E-state index contributed by atoms with van der Waals surface area (Å²) in [4.78, 5) is 0. The van der Waals surface area contributed by atoms with Crippen LogP contribution in [0.15, 0.2) is 66.7 Å². The quantitative estimate of drug-likeness (QED) is 0.559. The van der Waals surface area contributed by atoms with Gasteiger partial charge in [-0.15, -0.1) is 0 Å². The fourth-order valence-electron chi connectivity index (χ4n) is 3.34. The lowest BCUT2D eigenvalue weighted by Crippen LogP contribution is -2.03. The Morgan fingerprint density at radius 3 is 2.39 bits per heavy atom. The van der Waals surface area contributed by atoms with Gasteiger partial charge in [0.25, 0.3) is 0 Å². The minimum absolute atomic E-state index is 0.389. The van der Waals surface area contributed by atoms with Crippen molar-refractivity contribution in [2.24, 2.45) is 0 Å². The van der Waals surface area contributed by atoms with E-state index in [0.29, 0.717) is 5.75 Å². The van der Waals surface area contributed by atoms with Crippen molar-refractivity contribution >= 4 is 21.7 Å². The monoisotopic (exact) mass is 301 g/mol. The highest BCUT2D eigenvalue weighted by Gasteiger charge is 2.13. The second-order valence-corrected chi connectivity index (χ2v) is 5.94. The van der Waals surface area contributed by atoms with Crippen molar-refractivity contribution in [3.63, 3.8) is 0 Å². The number of nitrogens with zero attached hydrogens (tertiary/aromatic N) is 1. The molecule has 0 bridgehead atoms. The maximum atomic E-state index is 10.7. The molecule has 0 aliphatic heterocycles. The molecule has 2 heteroatoms. The third-order valence-corrected chi connectivity index (χ3v) is 4.53. The van der Waals surface area contributed by atoms with Gasteiger partial charge in [0.1, 0.15) is 5.75 Å². The zero-order valence-corrected chi connectivity index (χ0v) is 13.2. The highest BCUT2D eigenvalue weighted by Crippen LogP contribution is 2.36. The van der Waals surface area contributed by atoms with Crippen LogP contribution in [0.3, 0.4) is 0 Å². The number of phenols is 1. The van der Waals surface area contributed by atoms with E-state index in [1.165, 1.54) is 11.3 Å². The highest BCUT2D eigenvalue weighted by atomic mass is 16.3. The fourth-order valence-corrected chi connectivity index (χ4v) is 3.34. The summed E-state index contributed by atoms with van der Waals surface area (Å²) in [5.41, 5.74) is 3.61. The van der Waals surface area contributed by atoms with Gasteiger partial charge in [-0.25, -0.2) is 0 Å². The van der Waals surface area contributed by atoms with Crippen molar-refractivity contribution < 1.29 is 5.11 Å². The van der Waals surface area contributed by atoms with Gasteiger partial charge in [0.15, 0.2) is 0 Å². The lowest BCUT2D eigenvalue weighted by atomic mass is 10.1. The van der Waals surface area contributed by atoms with Crippen LogP contribution in [0.1, 0.15) is 18.2 Å². The van der Waals surface area contributed by atoms with E-state index in [1.54, 1.807) is 0 Å². The molecule has 0 spiro atoms. The highest BCUT2D eigenvalue weighted by molar-refractivity contribution is 6.04. The zero-order valence-electron chi connectivity index (χ0n) is 13.2. The van der Waals surface area contributed by atoms with E-state index >= 15 is 0 Å². The van der Waals surface area contributed by atoms with Gasteiger partial charge in [0.05, 0.1) is 5.52 Å². The smallest absolute Gasteiger partial charge is 0.132 e. The number of fused-ring (bicyclic) bond motifs is 2. The van der Waals surface area contributed by atoms with Crippen LogP contribution in [0.5, 0.6) is 5.75 Å². The first-order valence-corrected chi connectivity index (χ1v) is 8.04. The number of aryl methyl sites for hydroxylation is 1. The normalized spacial score (nSPS) is 11.3. The molecule has 0 saturated carbocycles. The molecule has 1 heterocycles. The maximum absolute atomic E-state index is 10.7. The average molecular weight is 301 g/mol. The molecule has 1 aromatic heterocycles. The van der Waals surface area contributed by atoms with Crippen LogP contribution in [0.2, 0.25) is 0 Å². The Labute approximate surface area is 135 Å². The molecular weight excluding hydrogens is 282 g/mol. The van der Waals surface area contributed by atoms with Crippen LogP contribution >= 0.6 is 0 Å². The summed E-state index contributed by atoms with van der Waals surface area (Å²) in [5, 5.41) is 13.6. The summed E-state index contributed by atoms with van der Waals surface area (Å²) in [7, 11) is 0. The predicted octanol–water partition coefficient (Wildman–Crippen LogP) is 5.11. The van der Waals surface area contributed by atoms with Crippen molar-refractivity contribution in [2.45, 2.75) is 19.9 Å². The summed E-state index contributed by atoms with van der Waals surface area (Å²) in [6.07, 6.45) is 0.942. The van der Waals surface area contributed by atoms with Crippen LogP contribution in [0.4, 0.5) is 0 Å². The largest absolute Gasteiger partial charge is 0.507 e. The Hall–Kier alpha value is -2.74. The van der Waals surface area contributed by atoms with Crippen LogP contribution in [-0.2, 0) is 13.0 Å². The molecule has 0 atom stereocenters. The molecule has 114 valence electrons. The molecule has 2 nitrogen and oxygen atoms in total. The van der Waals surface area contributed by atoms with E-state index in [1.807, 2.05) is 24.3 Å². The first-order valence-electron chi connectivity index (χ1n) is 8.04. The van der Waals surface area contributed by atoms with Gasteiger partial charge in [-0.3, -0.25) is 0 Å². The number of aromatic nitrogens is 1. The third-order valence-electron chi connectivity index (χ3n) is 4.53. The molecule has 0 fully saturated rings. The Bertz CT molecular complexity index is 983. The second-order valence-electron chi connectivity index (χ2n) is 5.94. The summed E-state index contributed by atoms with van der Waals surface area (Å²) in [6, 6.07) is 22.8. The summed E-state index contributed by atoms with van der Waals surface area (Å²) >= 11 is 0. The third kappa shape index (κ3) is 2.27. The predicted molar refractivity (Wildman–Crippen MR) is 96.0 cm³/mol. The zero-order chi connectivity index (χ0) is 15.8. The average Bonchev–Trinajstić information content (AvgIpc) is 2.94. The van der Waals surface area contributed by atoms with Crippen molar-refractivity contribution in [1.82, 2.24) is 4.57 Å². The van der Waals surface area contributed by atoms with Gasteiger partial charge in [0.2, 0.25) is 0 Å². The summed E-state index contributed by atoms with van der Waals surface area (Å²) in [5.74, 6) is 0.389. The van der Waals surface area contributed by atoms with E-state index in [2.05, 4.69) is 54.0 Å². The second kappa shape index (κ2) is 5.47. The Morgan fingerprint density at radius 1 is 0.870 bits per heavy atom. The Morgan fingerprint density at radius 2 is 1.61 bits per heavy atom. The molecular formula is C21H19NO. The van der Waals surface area contributed by atoms with Crippen molar-refractivity contribution in [3.8, 4) is 5.75 Å². The van der Waals surface area contributed by atoms with Gasteiger partial charge in [-0.2, -0.15) is 0 Å². The molecule has 4 rings (SSSR count). The van der Waals surface area contributed by atoms with Crippen LogP contribution < -0.4 is 0 Å². The molecule has 3 aromatic carbocycles. The van der Waals surface area contributed by atoms with Gasteiger partial charge in [-0.1, -0.05) is 61.5 Å². The molecule has 0 radical (unpaired) electrons. The Kier molecular flexibility index (Phi) is 3.30. The number of hydrogen-bond donors (Lipinski definition) is 1. The molecule has 0 unspecified atom stereocenters. The first kappa shape index (κ1) is 13.9. The number of hydrogen-bond acceptors (Lipinski definition) is 1. The standard InChI is InChI=1S/C21H19NO/c1-2-17-13-19-20(22(17)14-15-8-4-3-5-9-15)12-16-10-6-7-11-18(16)21(19)23/h3-13,23H,2,14H2,1H3. The van der Waals surface area contributed by atoms with Crippen molar-refractivity contribution in [1.29, 1.82) is 0 Å². The molecule has 1 N–H and O–H groups in total. The maximum Gasteiger partial charge on any atom is 0.132 e. The number of rotatable bonds is 3. The van der Waals surface area contributed by atoms with Gasteiger partial charge in [-0.05, 0) is 29.5 Å². The lowest BCUT2D eigenvalue weighted by Gasteiger charge is -2.11. The van der Waals surface area contributed by atoms with E-state index in [9.17, 15) is 5.11 Å². The molecule has 0 aliphatic carbocycles. The fraction of sp³-hybridized carbons (Fsp3) is 0.143. The number of aromatic hydroxyl groups is 1. The van der Waals surface area contributed by atoms with Crippen LogP contribution in [0.25, 0.3) is 21.7 Å². The Balaban J connectivity index is 1.98. The molecule has 0 aliphatic rings. The van der Waals surface area contributed by atoms with E-state index in [-0.39, 0.29) is 0 Å². The van der Waals surface area contributed by atoms with E-state index in [0.717, 1.165) is 34.6 Å². The van der Waals surface area contributed by atoms with Crippen LogP contribution in [0, 0.1) is 0 Å². The lowest BCUT2D eigenvalue weighted by molar-refractivity contribution is 0.488. The molecule has 23 heavy (non-hydrogen) atoms. The number of phenolic OH excluding ortho intramolecular Hbond substituents is 1. The summed E-state index contributed by atoms with van der Waals surface area (Å²) in [6.45, 7) is 2.98. The number of benzene rings is 3. The van der Waals surface area contributed by atoms with E-state index < -0.39 is 0 Å². The first-order chi connectivity index (χ1) is 11.3. The van der Waals surface area contributed by atoms with Crippen LogP contribution in [-0.4, -0.2) is 9.67 Å². The van der Waals surface area contributed by atoms with Crippen molar-refractivity contribution in [2.75, 3.05) is 0 Å². The van der Waals surface area contributed by atoms with Gasteiger partial charge >= 0.3 is 0 Å².